The highest BCUT2D eigenvalue weighted by molar-refractivity contribution is 5.91. The fourth-order valence-corrected chi connectivity index (χ4v) is 1.66. The average Bonchev–Trinajstić information content (AvgIpc) is 3.01. The van der Waals surface area contributed by atoms with Gasteiger partial charge in [-0.1, -0.05) is 0 Å². The van der Waals surface area contributed by atoms with Crippen molar-refractivity contribution in [2.45, 2.75) is 18.9 Å². The van der Waals surface area contributed by atoms with Crippen molar-refractivity contribution in [2.24, 2.45) is 11.7 Å². The molecule has 3 N–H and O–H groups in total. The Morgan fingerprint density at radius 3 is 2.82 bits per heavy atom. The van der Waals surface area contributed by atoms with E-state index in [4.69, 9.17) is 10.2 Å². The number of nitrogens with one attached hydrogen (secondary N) is 1. The summed E-state index contributed by atoms with van der Waals surface area (Å²) in [7, 11) is 0. The van der Waals surface area contributed by atoms with Crippen molar-refractivity contribution in [1.29, 1.82) is 0 Å². The minimum absolute atomic E-state index is 0.0594. The first-order valence-electron chi connectivity index (χ1n) is 5.37. The fraction of sp³-hybridized carbons (Fsp3) is 0.500. The highest BCUT2D eigenvalue weighted by Gasteiger charge is 2.32. The highest BCUT2D eigenvalue weighted by Crippen LogP contribution is 2.32. The summed E-state index contributed by atoms with van der Waals surface area (Å²) in [4.78, 5) is 21.4. The number of nitro groups is 1. The van der Waals surface area contributed by atoms with Gasteiger partial charge in [0.2, 0.25) is 0 Å². The van der Waals surface area contributed by atoms with Gasteiger partial charge in [0.1, 0.15) is 4.92 Å². The monoisotopic (exact) mass is 239 g/mol. The summed E-state index contributed by atoms with van der Waals surface area (Å²) in [6, 6.07) is 2.36. The lowest BCUT2D eigenvalue weighted by Crippen LogP contribution is -2.41. The van der Waals surface area contributed by atoms with Gasteiger partial charge in [0, 0.05) is 12.6 Å². The van der Waals surface area contributed by atoms with E-state index >= 15 is 0 Å². The largest absolute Gasteiger partial charge is 0.433 e. The first kappa shape index (κ1) is 11.6. The zero-order valence-corrected chi connectivity index (χ0v) is 9.09. The Balaban J connectivity index is 2.00. The number of nitrogens with two attached hydrogens (primary N) is 1. The van der Waals surface area contributed by atoms with Crippen molar-refractivity contribution in [3.05, 3.63) is 28.0 Å². The number of carbonyl (C=O) groups is 1. The summed E-state index contributed by atoms with van der Waals surface area (Å²) < 4.78 is 4.80. The topological polar surface area (TPSA) is 111 Å². The molecular formula is C10H13N3O4. The summed E-state index contributed by atoms with van der Waals surface area (Å²) in [6.45, 7) is 0.360. The van der Waals surface area contributed by atoms with E-state index in [0.29, 0.717) is 12.5 Å². The average molecular weight is 239 g/mol. The predicted molar refractivity (Wildman–Crippen MR) is 58.4 cm³/mol. The van der Waals surface area contributed by atoms with E-state index in [1.54, 1.807) is 0 Å². The van der Waals surface area contributed by atoms with Crippen LogP contribution in [0.25, 0.3) is 0 Å². The van der Waals surface area contributed by atoms with E-state index in [0.717, 1.165) is 18.9 Å². The lowest BCUT2D eigenvalue weighted by atomic mass is 10.2. The lowest BCUT2D eigenvalue weighted by Gasteiger charge is -2.14. The number of furan rings is 1. The van der Waals surface area contributed by atoms with Gasteiger partial charge in [0.25, 0.3) is 5.91 Å². The molecule has 0 bridgehead atoms. The zero-order chi connectivity index (χ0) is 12.4. The molecule has 1 amide bonds. The normalized spacial score (nSPS) is 16.5. The SMILES string of the molecule is NCC(NC(=O)c1ccc([N+](=O)[O-])o1)C1CC1. The van der Waals surface area contributed by atoms with E-state index in [-0.39, 0.29) is 11.8 Å². The molecule has 7 heteroatoms. The molecule has 1 heterocycles. The second-order valence-electron chi connectivity index (χ2n) is 4.05. The summed E-state index contributed by atoms with van der Waals surface area (Å²) >= 11 is 0. The molecule has 2 rings (SSSR count). The van der Waals surface area contributed by atoms with Crippen LogP contribution in [0.3, 0.4) is 0 Å². The van der Waals surface area contributed by atoms with Crippen molar-refractivity contribution in [1.82, 2.24) is 5.32 Å². The van der Waals surface area contributed by atoms with Gasteiger partial charge in [-0.2, -0.15) is 0 Å². The lowest BCUT2D eigenvalue weighted by molar-refractivity contribution is -0.402. The summed E-state index contributed by atoms with van der Waals surface area (Å²) in [5.41, 5.74) is 5.54. The van der Waals surface area contributed by atoms with Gasteiger partial charge in [0.05, 0.1) is 6.07 Å². The molecule has 1 atom stereocenters. The van der Waals surface area contributed by atoms with Gasteiger partial charge in [-0.25, -0.2) is 0 Å². The molecule has 0 spiro atoms. The maximum absolute atomic E-state index is 11.7. The van der Waals surface area contributed by atoms with E-state index in [9.17, 15) is 14.9 Å². The van der Waals surface area contributed by atoms with Crippen LogP contribution in [0.4, 0.5) is 5.88 Å². The Kier molecular flexibility index (Phi) is 3.10. The Hall–Kier alpha value is -1.89. The van der Waals surface area contributed by atoms with Gasteiger partial charge in [-0.15, -0.1) is 0 Å². The van der Waals surface area contributed by atoms with Gasteiger partial charge in [-0.3, -0.25) is 14.9 Å². The molecule has 7 nitrogen and oxygen atoms in total. The number of hydrogen-bond acceptors (Lipinski definition) is 5. The van der Waals surface area contributed by atoms with Crippen LogP contribution in [-0.4, -0.2) is 23.4 Å². The Morgan fingerprint density at radius 2 is 2.35 bits per heavy atom. The van der Waals surface area contributed by atoms with Crippen LogP contribution in [0.5, 0.6) is 0 Å². The van der Waals surface area contributed by atoms with Gasteiger partial charge in [-0.05, 0) is 24.8 Å². The molecule has 1 aromatic heterocycles. The second kappa shape index (κ2) is 4.54. The molecule has 1 aromatic rings. The van der Waals surface area contributed by atoms with E-state index < -0.39 is 16.7 Å². The van der Waals surface area contributed by atoms with Crippen LogP contribution >= 0.6 is 0 Å². The van der Waals surface area contributed by atoms with E-state index in [1.807, 2.05) is 0 Å². The number of amides is 1. The van der Waals surface area contributed by atoms with Crippen molar-refractivity contribution in [3.8, 4) is 0 Å². The first-order chi connectivity index (χ1) is 8.11. The first-order valence-corrected chi connectivity index (χ1v) is 5.37. The minimum atomic E-state index is -0.682. The van der Waals surface area contributed by atoms with Crippen molar-refractivity contribution in [2.75, 3.05) is 6.54 Å². The number of nitrogens with zero attached hydrogens (tertiary/aromatic N) is 1. The fourth-order valence-electron chi connectivity index (χ4n) is 1.66. The standard InChI is InChI=1S/C10H13N3O4/c11-5-7(6-1-2-6)12-10(14)8-3-4-9(17-8)13(15)16/h3-4,6-7H,1-2,5,11H2,(H,12,14). The van der Waals surface area contributed by atoms with Crippen LogP contribution in [0.2, 0.25) is 0 Å². The van der Waals surface area contributed by atoms with E-state index in [1.165, 1.54) is 6.07 Å². The molecule has 1 fully saturated rings. The molecule has 0 radical (unpaired) electrons. The molecule has 1 aliphatic rings. The van der Waals surface area contributed by atoms with Gasteiger partial charge in [0.15, 0.2) is 5.76 Å². The molecule has 1 unspecified atom stereocenters. The quantitative estimate of drug-likeness (QED) is 0.579. The van der Waals surface area contributed by atoms with Crippen LogP contribution < -0.4 is 11.1 Å². The molecule has 0 aromatic carbocycles. The molecule has 92 valence electrons. The van der Waals surface area contributed by atoms with Crippen LogP contribution in [0.15, 0.2) is 16.5 Å². The highest BCUT2D eigenvalue weighted by atomic mass is 16.6. The Morgan fingerprint density at radius 1 is 1.65 bits per heavy atom. The van der Waals surface area contributed by atoms with Crippen LogP contribution in [-0.2, 0) is 0 Å². The maximum atomic E-state index is 11.7. The Labute approximate surface area is 97.1 Å². The minimum Gasteiger partial charge on any atom is -0.395 e. The summed E-state index contributed by atoms with van der Waals surface area (Å²) in [5, 5.41) is 13.1. The third kappa shape index (κ3) is 2.62. The Bertz CT molecular complexity index is 439. The van der Waals surface area contributed by atoms with Crippen molar-refractivity contribution in [3.63, 3.8) is 0 Å². The molecule has 0 saturated heterocycles. The number of carbonyl (C=O) groups excluding carboxylic acids is 1. The summed E-state index contributed by atoms with van der Waals surface area (Å²) in [5.74, 6) is -0.531. The molecular weight excluding hydrogens is 226 g/mol. The van der Waals surface area contributed by atoms with Gasteiger partial charge >= 0.3 is 5.88 Å². The van der Waals surface area contributed by atoms with Crippen molar-refractivity contribution < 1.29 is 14.1 Å². The number of rotatable bonds is 5. The molecule has 1 saturated carbocycles. The third-order valence-corrected chi connectivity index (χ3v) is 2.76. The molecule has 17 heavy (non-hydrogen) atoms. The van der Waals surface area contributed by atoms with Crippen molar-refractivity contribution >= 4 is 11.8 Å². The smallest absolute Gasteiger partial charge is 0.395 e. The third-order valence-electron chi connectivity index (χ3n) is 2.76. The predicted octanol–water partition coefficient (Wildman–Crippen LogP) is 0.655. The maximum Gasteiger partial charge on any atom is 0.433 e. The van der Waals surface area contributed by atoms with Crippen LogP contribution in [0, 0.1) is 16.0 Å². The van der Waals surface area contributed by atoms with Crippen LogP contribution in [0.1, 0.15) is 23.4 Å². The molecule has 0 aliphatic heterocycles. The van der Waals surface area contributed by atoms with E-state index in [2.05, 4.69) is 5.32 Å². The summed E-state index contributed by atoms with van der Waals surface area (Å²) in [6.07, 6.45) is 2.11. The second-order valence-corrected chi connectivity index (χ2v) is 4.05. The molecule has 1 aliphatic carbocycles. The number of hydrogen-bond donors (Lipinski definition) is 2. The van der Waals surface area contributed by atoms with Gasteiger partial charge < -0.3 is 15.5 Å². The zero-order valence-electron chi connectivity index (χ0n) is 9.09.